The third-order valence-electron chi connectivity index (χ3n) is 3.24. The first-order chi connectivity index (χ1) is 10.0. The highest BCUT2D eigenvalue weighted by Gasteiger charge is 2.09. The molecule has 0 spiro atoms. The Morgan fingerprint density at radius 2 is 2.05 bits per heavy atom. The van der Waals surface area contributed by atoms with E-state index in [-0.39, 0.29) is 11.9 Å². The van der Waals surface area contributed by atoms with Crippen molar-refractivity contribution in [1.82, 2.24) is 0 Å². The molecule has 21 heavy (non-hydrogen) atoms. The molecule has 0 radical (unpaired) electrons. The Kier molecular flexibility index (Phi) is 5.59. The quantitative estimate of drug-likeness (QED) is 0.871. The Bertz CT molecular complexity index is 603. The Morgan fingerprint density at radius 1 is 1.24 bits per heavy atom. The second-order valence-corrected chi connectivity index (χ2v) is 5.59. The van der Waals surface area contributed by atoms with Gasteiger partial charge in [0.1, 0.15) is 11.6 Å². The lowest BCUT2D eigenvalue weighted by Crippen LogP contribution is -2.25. The minimum atomic E-state index is -0.308. The van der Waals surface area contributed by atoms with Crippen LogP contribution in [0.5, 0.6) is 5.75 Å². The molecule has 2 aromatic carbocycles. The fourth-order valence-electron chi connectivity index (χ4n) is 2.11. The highest BCUT2D eigenvalue weighted by atomic mass is 35.5. The molecule has 0 bridgehead atoms. The maximum absolute atomic E-state index is 13.7. The second kappa shape index (κ2) is 7.43. The molecule has 0 amide bonds. The van der Waals surface area contributed by atoms with Gasteiger partial charge in [0.05, 0.1) is 6.61 Å². The number of aryl methyl sites for hydroxylation is 1. The fourth-order valence-corrected chi connectivity index (χ4v) is 2.26. The van der Waals surface area contributed by atoms with Gasteiger partial charge in [-0.3, -0.25) is 0 Å². The van der Waals surface area contributed by atoms with Gasteiger partial charge in [-0.15, -0.1) is 0 Å². The molecule has 1 atom stereocenters. The van der Waals surface area contributed by atoms with Crippen molar-refractivity contribution in [3.8, 4) is 5.75 Å². The number of benzene rings is 2. The van der Waals surface area contributed by atoms with Crippen LogP contribution in [-0.2, 0) is 6.42 Å². The van der Waals surface area contributed by atoms with E-state index in [2.05, 4.69) is 0 Å². The molecule has 2 aromatic rings. The second-order valence-electron chi connectivity index (χ2n) is 5.15. The summed E-state index contributed by atoms with van der Waals surface area (Å²) in [5, 5.41) is 0.396. The van der Waals surface area contributed by atoms with Crippen molar-refractivity contribution in [2.75, 3.05) is 6.61 Å². The van der Waals surface area contributed by atoms with Gasteiger partial charge in [0.2, 0.25) is 0 Å². The van der Waals surface area contributed by atoms with E-state index in [4.69, 9.17) is 22.1 Å². The average molecular weight is 308 g/mol. The summed E-state index contributed by atoms with van der Waals surface area (Å²) in [6.45, 7) is 2.53. The van der Waals surface area contributed by atoms with E-state index >= 15 is 0 Å². The van der Waals surface area contributed by atoms with Crippen LogP contribution in [0.1, 0.15) is 17.5 Å². The van der Waals surface area contributed by atoms with Crippen LogP contribution in [0, 0.1) is 12.7 Å². The number of ether oxygens (including phenoxy) is 1. The first kappa shape index (κ1) is 15.8. The Balaban J connectivity index is 1.81. The molecule has 0 aliphatic carbocycles. The van der Waals surface area contributed by atoms with Crippen LogP contribution in [0.3, 0.4) is 0 Å². The minimum Gasteiger partial charge on any atom is -0.494 e. The van der Waals surface area contributed by atoms with Crippen molar-refractivity contribution in [3.63, 3.8) is 0 Å². The monoisotopic (exact) mass is 307 g/mol. The van der Waals surface area contributed by atoms with Gasteiger partial charge in [0, 0.05) is 11.1 Å². The van der Waals surface area contributed by atoms with Gasteiger partial charge >= 0.3 is 0 Å². The lowest BCUT2D eigenvalue weighted by Gasteiger charge is -2.13. The van der Waals surface area contributed by atoms with Crippen molar-refractivity contribution in [1.29, 1.82) is 0 Å². The standard InChI is InChI=1S/C17H19ClFNO/c1-12-3-2-4-16(9-12)21-8-7-15(20)10-13-5-6-14(18)11-17(13)19/h2-6,9,11,15H,7-8,10,20H2,1H3. The van der Waals surface area contributed by atoms with E-state index in [1.165, 1.54) is 6.07 Å². The van der Waals surface area contributed by atoms with E-state index in [0.29, 0.717) is 30.0 Å². The maximum atomic E-state index is 13.7. The van der Waals surface area contributed by atoms with Gasteiger partial charge in [-0.05, 0) is 55.2 Å². The summed E-state index contributed by atoms with van der Waals surface area (Å²) in [4.78, 5) is 0. The molecule has 0 saturated carbocycles. The molecule has 0 heterocycles. The smallest absolute Gasteiger partial charge is 0.127 e. The molecule has 0 aromatic heterocycles. The Labute approximate surface area is 129 Å². The first-order valence-corrected chi connectivity index (χ1v) is 7.31. The van der Waals surface area contributed by atoms with Crippen LogP contribution < -0.4 is 10.5 Å². The molecule has 2 nitrogen and oxygen atoms in total. The highest BCUT2D eigenvalue weighted by molar-refractivity contribution is 6.30. The van der Waals surface area contributed by atoms with Crippen LogP contribution in [0.15, 0.2) is 42.5 Å². The van der Waals surface area contributed by atoms with Crippen molar-refractivity contribution in [2.24, 2.45) is 5.73 Å². The number of nitrogens with two attached hydrogens (primary N) is 1. The molecular formula is C17H19ClFNO. The van der Waals surface area contributed by atoms with E-state index in [1.54, 1.807) is 12.1 Å². The summed E-state index contributed by atoms with van der Waals surface area (Å²) >= 11 is 5.73. The zero-order valence-electron chi connectivity index (χ0n) is 12.0. The van der Waals surface area contributed by atoms with Gasteiger partial charge in [-0.1, -0.05) is 29.8 Å². The van der Waals surface area contributed by atoms with E-state index < -0.39 is 0 Å². The maximum Gasteiger partial charge on any atom is 0.127 e. The van der Waals surface area contributed by atoms with E-state index in [9.17, 15) is 4.39 Å². The van der Waals surface area contributed by atoms with Gasteiger partial charge in [0.25, 0.3) is 0 Å². The lowest BCUT2D eigenvalue weighted by molar-refractivity contribution is 0.296. The van der Waals surface area contributed by atoms with Gasteiger partial charge in [-0.25, -0.2) is 4.39 Å². The third kappa shape index (κ3) is 5.03. The Morgan fingerprint density at radius 3 is 2.76 bits per heavy atom. The largest absolute Gasteiger partial charge is 0.494 e. The Hall–Kier alpha value is -1.58. The van der Waals surface area contributed by atoms with Crippen LogP contribution in [0.2, 0.25) is 5.02 Å². The van der Waals surface area contributed by atoms with E-state index in [1.807, 2.05) is 31.2 Å². The van der Waals surface area contributed by atoms with Gasteiger partial charge in [0.15, 0.2) is 0 Å². The summed E-state index contributed by atoms with van der Waals surface area (Å²) < 4.78 is 19.3. The topological polar surface area (TPSA) is 35.2 Å². The first-order valence-electron chi connectivity index (χ1n) is 6.93. The molecular weight excluding hydrogens is 289 g/mol. The number of rotatable bonds is 6. The van der Waals surface area contributed by atoms with Crippen LogP contribution >= 0.6 is 11.6 Å². The average Bonchev–Trinajstić information content (AvgIpc) is 2.42. The molecule has 2 rings (SSSR count). The summed E-state index contributed by atoms with van der Waals surface area (Å²) in [6.07, 6.45) is 1.14. The van der Waals surface area contributed by atoms with Gasteiger partial charge in [-0.2, -0.15) is 0 Å². The third-order valence-corrected chi connectivity index (χ3v) is 3.48. The molecule has 4 heteroatoms. The van der Waals surface area contributed by atoms with Gasteiger partial charge < -0.3 is 10.5 Å². The molecule has 1 unspecified atom stereocenters. The van der Waals surface area contributed by atoms with Crippen LogP contribution in [-0.4, -0.2) is 12.6 Å². The normalized spacial score (nSPS) is 12.2. The fraction of sp³-hybridized carbons (Fsp3) is 0.294. The van der Waals surface area contributed by atoms with Crippen LogP contribution in [0.4, 0.5) is 4.39 Å². The zero-order valence-corrected chi connectivity index (χ0v) is 12.7. The molecule has 0 fully saturated rings. The minimum absolute atomic E-state index is 0.148. The molecule has 112 valence electrons. The molecule has 0 saturated heterocycles. The predicted octanol–water partition coefficient (Wildman–Crippen LogP) is 4.13. The van der Waals surface area contributed by atoms with E-state index in [0.717, 1.165) is 11.3 Å². The molecule has 2 N–H and O–H groups in total. The lowest BCUT2D eigenvalue weighted by atomic mass is 10.0. The van der Waals surface area contributed by atoms with Crippen molar-refractivity contribution >= 4 is 11.6 Å². The SMILES string of the molecule is Cc1cccc(OCCC(N)Cc2ccc(Cl)cc2F)c1. The summed E-state index contributed by atoms with van der Waals surface area (Å²) in [5.74, 6) is 0.525. The molecule has 0 aliphatic heterocycles. The summed E-state index contributed by atoms with van der Waals surface area (Å²) in [5.41, 5.74) is 7.77. The molecule has 0 aliphatic rings. The van der Waals surface area contributed by atoms with Crippen molar-refractivity contribution in [3.05, 3.63) is 64.4 Å². The number of hydrogen-bond donors (Lipinski definition) is 1. The highest BCUT2D eigenvalue weighted by Crippen LogP contribution is 2.17. The summed E-state index contributed by atoms with van der Waals surface area (Å²) in [6, 6.07) is 12.4. The zero-order chi connectivity index (χ0) is 15.2. The predicted molar refractivity (Wildman–Crippen MR) is 84.4 cm³/mol. The number of halogens is 2. The summed E-state index contributed by atoms with van der Waals surface area (Å²) in [7, 11) is 0. The van der Waals surface area contributed by atoms with Crippen molar-refractivity contribution in [2.45, 2.75) is 25.8 Å². The van der Waals surface area contributed by atoms with Crippen LogP contribution in [0.25, 0.3) is 0 Å². The van der Waals surface area contributed by atoms with Crippen molar-refractivity contribution < 1.29 is 9.13 Å². The number of hydrogen-bond acceptors (Lipinski definition) is 2.